The van der Waals surface area contributed by atoms with Crippen molar-refractivity contribution in [2.24, 2.45) is 0 Å². The van der Waals surface area contributed by atoms with Gasteiger partial charge in [0.2, 0.25) is 0 Å². The van der Waals surface area contributed by atoms with Gasteiger partial charge in [-0.25, -0.2) is 8.42 Å². The largest absolute Gasteiger partial charge is 0.504 e. The van der Waals surface area contributed by atoms with Crippen LogP contribution in [-0.4, -0.2) is 54.4 Å². The molecule has 29 heavy (non-hydrogen) atoms. The summed E-state index contributed by atoms with van der Waals surface area (Å²) in [5, 5.41) is 19.3. The molecule has 1 atom stereocenters. The Morgan fingerprint density at radius 3 is 2.66 bits per heavy atom. The van der Waals surface area contributed by atoms with Gasteiger partial charge in [-0.2, -0.15) is 5.26 Å². The minimum atomic E-state index is -3.33. The molecule has 0 radical (unpaired) electrons. The van der Waals surface area contributed by atoms with Gasteiger partial charge in [-0.1, -0.05) is 6.07 Å². The number of benzene rings is 1. The molecule has 0 spiro atoms. The molecule has 0 aliphatic carbocycles. The van der Waals surface area contributed by atoms with Crippen molar-refractivity contribution in [2.75, 3.05) is 18.1 Å². The van der Waals surface area contributed by atoms with Crippen molar-refractivity contribution in [3.63, 3.8) is 0 Å². The summed E-state index contributed by atoms with van der Waals surface area (Å²) in [6.07, 6.45) is 1.65. The van der Waals surface area contributed by atoms with E-state index in [9.17, 15) is 28.4 Å². The highest BCUT2D eigenvalue weighted by Crippen LogP contribution is 2.33. The second-order valence-electron chi connectivity index (χ2n) is 6.87. The molecular formula is C20H20N2O6S. The lowest BCUT2D eigenvalue weighted by Crippen LogP contribution is -2.49. The standard InChI is InChI=1S/C20H20N2O6S/c1-3-28-18-9-13(4-5-17(18)23)8-15-12(2)16(10-21)20(25)22(19(15)24)14-6-7-29(26,27)11-14/h4-5,8-9,14,23H,3,6-7,11H2,1-2H3. The first kappa shape index (κ1) is 20.6. The SMILES string of the molecule is CCOc1cc(C=C2C(=O)N(C3CCS(=O)(=O)C3)C(=O)C(C#N)=C2C)ccc1O. The van der Waals surface area contributed by atoms with Crippen molar-refractivity contribution in [1.82, 2.24) is 4.90 Å². The van der Waals surface area contributed by atoms with Crippen LogP contribution in [0.4, 0.5) is 0 Å². The summed E-state index contributed by atoms with van der Waals surface area (Å²) in [5.41, 5.74) is 0.688. The van der Waals surface area contributed by atoms with E-state index in [0.717, 1.165) is 4.90 Å². The second-order valence-corrected chi connectivity index (χ2v) is 9.10. The van der Waals surface area contributed by atoms with Gasteiger partial charge in [0.15, 0.2) is 21.3 Å². The summed E-state index contributed by atoms with van der Waals surface area (Å²) in [6.45, 7) is 3.61. The van der Waals surface area contributed by atoms with Crippen LogP contribution in [0.1, 0.15) is 25.8 Å². The number of hydrogen-bond acceptors (Lipinski definition) is 7. The first-order chi connectivity index (χ1) is 13.7. The van der Waals surface area contributed by atoms with E-state index in [1.54, 1.807) is 19.1 Å². The number of imide groups is 1. The Kier molecular flexibility index (Phi) is 5.48. The molecule has 1 aromatic rings. The fourth-order valence-electron chi connectivity index (χ4n) is 3.47. The lowest BCUT2D eigenvalue weighted by atomic mass is 9.92. The number of amides is 2. The second kappa shape index (κ2) is 7.72. The molecule has 1 unspecified atom stereocenters. The average molecular weight is 416 g/mol. The van der Waals surface area contributed by atoms with E-state index in [2.05, 4.69) is 0 Å². The van der Waals surface area contributed by atoms with Crippen molar-refractivity contribution in [3.05, 3.63) is 40.5 Å². The zero-order valence-corrected chi connectivity index (χ0v) is 16.8. The summed E-state index contributed by atoms with van der Waals surface area (Å²) in [5.74, 6) is -1.63. The van der Waals surface area contributed by atoms with Crippen molar-refractivity contribution in [1.29, 1.82) is 5.26 Å². The molecule has 2 amide bonds. The minimum absolute atomic E-state index is 0.0538. The predicted molar refractivity (Wildman–Crippen MR) is 104 cm³/mol. The third kappa shape index (κ3) is 3.89. The van der Waals surface area contributed by atoms with Crippen LogP contribution in [0, 0.1) is 11.3 Å². The monoisotopic (exact) mass is 416 g/mol. The Morgan fingerprint density at radius 1 is 1.34 bits per heavy atom. The molecule has 0 saturated carbocycles. The maximum absolute atomic E-state index is 13.1. The first-order valence-corrected chi connectivity index (χ1v) is 10.9. The van der Waals surface area contributed by atoms with Crippen molar-refractivity contribution in [3.8, 4) is 17.6 Å². The number of ether oxygens (including phenoxy) is 1. The zero-order chi connectivity index (χ0) is 21.3. The fourth-order valence-corrected chi connectivity index (χ4v) is 5.17. The quantitative estimate of drug-likeness (QED) is 0.583. The summed E-state index contributed by atoms with van der Waals surface area (Å²) in [6, 6.07) is 5.57. The van der Waals surface area contributed by atoms with Crippen LogP contribution in [0.3, 0.4) is 0 Å². The van der Waals surface area contributed by atoms with Crippen molar-refractivity contribution >= 4 is 27.7 Å². The molecule has 0 bridgehead atoms. The number of carbonyl (C=O) groups excluding carboxylic acids is 2. The van der Waals surface area contributed by atoms with Crippen LogP contribution in [0.25, 0.3) is 6.08 Å². The molecule has 3 rings (SSSR count). The van der Waals surface area contributed by atoms with Crippen LogP contribution < -0.4 is 4.74 Å². The van der Waals surface area contributed by atoms with Gasteiger partial charge in [-0.05, 0) is 49.6 Å². The molecule has 8 nitrogen and oxygen atoms in total. The molecule has 2 heterocycles. The summed E-state index contributed by atoms with van der Waals surface area (Å²) in [7, 11) is -3.33. The number of hydrogen-bond donors (Lipinski definition) is 1. The van der Waals surface area contributed by atoms with E-state index in [4.69, 9.17) is 4.74 Å². The van der Waals surface area contributed by atoms with Gasteiger partial charge in [0.25, 0.3) is 11.8 Å². The summed E-state index contributed by atoms with van der Waals surface area (Å²) >= 11 is 0. The van der Waals surface area contributed by atoms with Gasteiger partial charge in [0.1, 0.15) is 11.6 Å². The van der Waals surface area contributed by atoms with E-state index >= 15 is 0 Å². The topological polar surface area (TPSA) is 125 Å². The fraction of sp³-hybridized carbons (Fsp3) is 0.350. The molecule has 1 N–H and O–H groups in total. The van der Waals surface area contributed by atoms with Crippen molar-refractivity contribution < 1.29 is 27.9 Å². The Bertz CT molecular complexity index is 1090. The molecule has 2 aliphatic heterocycles. The Balaban J connectivity index is 2.08. The number of rotatable bonds is 4. The molecule has 1 saturated heterocycles. The number of nitriles is 1. The maximum atomic E-state index is 13.1. The normalized spacial score (nSPS) is 22.9. The lowest BCUT2D eigenvalue weighted by Gasteiger charge is -2.31. The molecule has 0 aromatic heterocycles. The molecule has 1 aromatic carbocycles. The number of sulfone groups is 1. The van der Waals surface area contributed by atoms with Gasteiger partial charge in [-0.3, -0.25) is 14.5 Å². The van der Waals surface area contributed by atoms with Crippen LogP contribution in [0.5, 0.6) is 11.5 Å². The third-order valence-corrected chi connectivity index (χ3v) is 6.69. The van der Waals surface area contributed by atoms with E-state index in [0.29, 0.717) is 12.2 Å². The minimum Gasteiger partial charge on any atom is -0.504 e. The van der Waals surface area contributed by atoms with Gasteiger partial charge in [0, 0.05) is 5.57 Å². The molecule has 9 heteroatoms. The summed E-state index contributed by atoms with van der Waals surface area (Å²) < 4.78 is 29.0. The number of carbonyl (C=O) groups is 2. The van der Waals surface area contributed by atoms with Crippen LogP contribution in [0.15, 0.2) is 34.9 Å². The molecule has 2 aliphatic rings. The highest BCUT2D eigenvalue weighted by atomic mass is 32.2. The van der Waals surface area contributed by atoms with Crippen LogP contribution in [-0.2, 0) is 19.4 Å². The molecule has 152 valence electrons. The Hall–Kier alpha value is -3.12. The van der Waals surface area contributed by atoms with E-state index in [1.807, 2.05) is 6.07 Å². The predicted octanol–water partition coefficient (Wildman–Crippen LogP) is 1.57. The smallest absolute Gasteiger partial charge is 0.271 e. The van der Waals surface area contributed by atoms with Gasteiger partial charge in [0.05, 0.1) is 24.2 Å². The number of aromatic hydroxyl groups is 1. The number of nitrogens with zero attached hydrogens (tertiary/aromatic N) is 2. The zero-order valence-electron chi connectivity index (χ0n) is 16.0. The maximum Gasteiger partial charge on any atom is 0.271 e. The first-order valence-electron chi connectivity index (χ1n) is 9.05. The van der Waals surface area contributed by atoms with Gasteiger partial charge >= 0.3 is 0 Å². The third-order valence-electron chi connectivity index (χ3n) is 4.94. The number of phenolic OH excluding ortho intramolecular Hbond substituents is 1. The van der Waals surface area contributed by atoms with Crippen LogP contribution >= 0.6 is 0 Å². The Morgan fingerprint density at radius 2 is 2.07 bits per heavy atom. The van der Waals surface area contributed by atoms with E-state index in [1.165, 1.54) is 19.1 Å². The van der Waals surface area contributed by atoms with E-state index < -0.39 is 27.7 Å². The molecule has 1 fully saturated rings. The van der Waals surface area contributed by atoms with Gasteiger partial charge in [-0.15, -0.1) is 0 Å². The summed E-state index contributed by atoms with van der Waals surface area (Å²) in [4.78, 5) is 26.7. The Labute approximate surface area is 168 Å². The number of phenols is 1. The molecular weight excluding hydrogens is 396 g/mol. The van der Waals surface area contributed by atoms with Gasteiger partial charge < -0.3 is 9.84 Å². The lowest BCUT2D eigenvalue weighted by molar-refractivity contribution is -0.142. The van der Waals surface area contributed by atoms with E-state index in [-0.39, 0.29) is 46.1 Å². The van der Waals surface area contributed by atoms with Crippen molar-refractivity contribution in [2.45, 2.75) is 26.3 Å². The average Bonchev–Trinajstić information content (AvgIpc) is 3.01. The highest BCUT2D eigenvalue weighted by Gasteiger charge is 2.43. The van der Waals surface area contributed by atoms with Crippen LogP contribution in [0.2, 0.25) is 0 Å². The highest BCUT2D eigenvalue weighted by molar-refractivity contribution is 7.91.